The van der Waals surface area contributed by atoms with Crippen LogP contribution in [0.15, 0.2) is 194 Å². The van der Waals surface area contributed by atoms with Crippen LogP contribution in [0.3, 0.4) is 0 Å². The molecule has 8 aliphatic carbocycles. The third-order valence-electron chi connectivity index (χ3n) is 28.6. The van der Waals surface area contributed by atoms with Gasteiger partial charge >= 0.3 is 0 Å². The van der Waals surface area contributed by atoms with E-state index in [4.69, 9.17) is 116 Å². The molecule has 8 aromatic carbocycles. The SMILES string of the molecule is CN[C@@]1(c2ccccc2Cl)C[C@@H](C)C[C@@H](O)C1=O.CN[C@@]1(c2ccccc2Cl)C[C@H](C)C[C@@H](O)C1=O.CN[C@]1(c2ccccc2Cl)C[C@@H](C)C[C@H](O)C1=O.CN[C@]1(c2ccccc2Cl)C[C@H](C)C[C@H](O)C1=O.C[C@@H]1C[C@@H](O)C(=O)[C@](N)(c2ccccc2Cl)C1.C[C@@H]1C[C@H](O)C(=O)[C@@](N)(c2ccccc2Cl)C1.C[C@H]1C[C@@H](O)C(=O)[C@](N)(c2ccccc2Cl)C1.C[C@H]1C[C@H](O)C(=O)[C@@](N)(c2ccccc2Cl)C1. The van der Waals surface area contributed by atoms with Crippen LogP contribution >= 0.6 is 92.8 Å². The fraction of sp³-hybridized carbons (Fsp3) is 0.481. The highest BCUT2D eigenvalue weighted by atomic mass is 35.5. The lowest BCUT2D eigenvalue weighted by Crippen LogP contribution is -2.56. The van der Waals surface area contributed by atoms with E-state index in [1.807, 2.05) is 128 Å². The van der Waals surface area contributed by atoms with Crippen molar-refractivity contribution < 1.29 is 79.2 Å². The van der Waals surface area contributed by atoms with Crippen LogP contribution in [-0.2, 0) is 82.7 Å². The first kappa shape index (κ1) is 116. The molecule has 8 aliphatic rings. The Labute approximate surface area is 861 Å². The van der Waals surface area contributed by atoms with Gasteiger partial charge < -0.3 is 85.1 Å². The number of nitrogens with one attached hydrogen (secondary N) is 4. The molecule has 8 aromatic rings. The fourth-order valence-electron chi connectivity index (χ4n) is 21.9. The van der Waals surface area contributed by atoms with Gasteiger partial charge in [-0.1, -0.05) is 294 Å². The molecule has 0 heterocycles. The molecule has 24 nitrogen and oxygen atoms in total. The summed E-state index contributed by atoms with van der Waals surface area (Å²) in [6, 6.07) is 57.5. The average molecular weight is 2090 g/mol. The average Bonchev–Trinajstić information content (AvgIpc) is 0.754. The molecule has 24 atom stereocenters. The molecule has 0 saturated heterocycles. The Bertz CT molecular complexity index is 5000. The lowest BCUT2D eigenvalue weighted by molar-refractivity contribution is -0.140. The van der Waals surface area contributed by atoms with Crippen LogP contribution in [-0.4, -0.2) is 164 Å². The van der Waals surface area contributed by atoms with Crippen molar-refractivity contribution in [2.45, 2.75) is 251 Å². The van der Waals surface area contributed by atoms with Gasteiger partial charge in [0.05, 0.1) is 0 Å². The van der Waals surface area contributed by atoms with Crippen LogP contribution < -0.4 is 44.2 Å². The molecule has 20 N–H and O–H groups in total. The number of ketones is 8. The van der Waals surface area contributed by atoms with E-state index in [0.29, 0.717) is 165 Å². The van der Waals surface area contributed by atoms with Crippen molar-refractivity contribution in [1.82, 2.24) is 21.3 Å². The lowest BCUT2D eigenvalue weighted by atomic mass is 9.70. The lowest BCUT2D eigenvalue weighted by Gasteiger charge is -2.41. The quantitative estimate of drug-likeness (QED) is 0.0540. The predicted molar refractivity (Wildman–Crippen MR) is 553 cm³/mol. The molecule has 760 valence electrons. The molecule has 0 radical (unpaired) electrons. The summed E-state index contributed by atoms with van der Waals surface area (Å²) in [7, 11) is 6.97. The molecular weight excluding hydrogens is 1950 g/mol. The summed E-state index contributed by atoms with van der Waals surface area (Å²) >= 11 is 49.2. The number of hydrogen-bond acceptors (Lipinski definition) is 24. The van der Waals surface area contributed by atoms with E-state index in [1.54, 1.807) is 150 Å². The van der Waals surface area contributed by atoms with Gasteiger partial charge in [0.15, 0.2) is 46.3 Å². The summed E-state index contributed by atoms with van der Waals surface area (Å²) in [5, 5.41) is 95.3. The largest absolute Gasteiger partial charge is 0.385 e. The Hall–Kier alpha value is -7.20. The van der Waals surface area contributed by atoms with E-state index in [2.05, 4.69) is 21.3 Å². The zero-order valence-electron chi connectivity index (χ0n) is 81.2. The van der Waals surface area contributed by atoms with Crippen LogP contribution in [0.4, 0.5) is 0 Å². The summed E-state index contributed by atoms with van der Waals surface area (Å²) < 4.78 is 0. The van der Waals surface area contributed by atoms with Crippen LogP contribution in [0.5, 0.6) is 0 Å². The zero-order valence-corrected chi connectivity index (χ0v) is 87.3. The Kier molecular flexibility index (Phi) is 41.4. The smallest absolute Gasteiger partial charge is 0.185 e. The van der Waals surface area contributed by atoms with Crippen molar-refractivity contribution in [2.75, 3.05) is 28.2 Å². The monoisotopic (exact) mass is 2080 g/mol. The van der Waals surface area contributed by atoms with Gasteiger partial charge in [0.2, 0.25) is 0 Å². The second-order valence-electron chi connectivity index (χ2n) is 39.7. The number of aliphatic hydroxyl groups excluding tert-OH is 8. The number of carbonyl (C=O) groups excluding carboxylic acids is 8. The van der Waals surface area contributed by atoms with Gasteiger partial charge in [-0.25, -0.2) is 0 Å². The van der Waals surface area contributed by atoms with E-state index in [1.165, 1.54) is 0 Å². The van der Waals surface area contributed by atoms with Gasteiger partial charge in [-0.05, 0) is 271 Å². The highest BCUT2D eigenvalue weighted by Crippen LogP contribution is 2.48. The van der Waals surface area contributed by atoms with Gasteiger partial charge in [0.1, 0.15) is 93.1 Å². The van der Waals surface area contributed by atoms with Crippen molar-refractivity contribution in [3.63, 3.8) is 0 Å². The number of halogens is 8. The van der Waals surface area contributed by atoms with E-state index < -0.39 is 93.1 Å². The number of likely N-dealkylation sites (N-methyl/N-ethyl adjacent to an activating group) is 4. The van der Waals surface area contributed by atoms with E-state index in [-0.39, 0.29) is 93.6 Å². The molecule has 140 heavy (non-hydrogen) atoms. The molecule has 0 aromatic heterocycles. The van der Waals surface area contributed by atoms with Crippen molar-refractivity contribution in [3.8, 4) is 0 Å². The molecule has 0 unspecified atom stereocenters. The molecule has 8 saturated carbocycles. The first-order chi connectivity index (χ1) is 65.8. The molecule has 32 heteroatoms. The second-order valence-corrected chi connectivity index (χ2v) is 43.0. The molecular formula is C108H136Cl8N8O16. The minimum absolute atomic E-state index is 0.184. The molecule has 0 spiro atoms. The normalized spacial score (nSPS) is 33.1. The first-order valence-electron chi connectivity index (χ1n) is 47.5. The first-order valence-corrected chi connectivity index (χ1v) is 50.6. The summed E-state index contributed by atoms with van der Waals surface area (Å²) in [5.74, 6) is -0.203. The minimum atomic E-state index is -1.16. The summed E-state index contributed by atoms with van der Waals surface area (Å²) in [6.07, 6.45) is 1.06. The predicted octanol–water partition coefficient (Wildman–Crippen LogP) is 15.9. The van der Waals surface area contributed by atoms with E-state index in [9.17, 15) is 79.2 Å². The van der Waals surface area contributed by atoms with Crippen molar-refractivity contribution in [1.29, 1.82) is 0 Å². The van der Waals surface area contributed by atoms with Gasteiger partial charge in [0.25, 0.3) is 0 Å². The Morgan fingerprint density at radius 2 is 0.321 bits per heavy atom. The van der Waals surface area contributed by atoms with E-state index >= 15 is 0 Å². The van der Waals surface area contributed by atoms with Crippen molar-refractivity contribution in [2.24, 2.45) is 70.3 Å². The van der Waals surface area contributed by atoms with Crippen LogP contribution in [0.25, 0.3) is 0 Å². The topological polar surface area (TPSA) is 451 Å². The minimum Gasteiger partial charge on any atom is -0.385 e. The van der Waals surface area contributed by atoms with Crippen molar-refractivity contribution in [3.05, 3.63) is 279 Å². The number of hydrogen-bond donors (Lipinski definition) is 16. The van der Waals surface area contributed by atoms with Gasteiger partial charge in [-0.2, -0.15) is 0 Å². The molecule has 0 amide bonds. The summed E-state index contributed by atoms with van der Waals surface area (Å²) in [5.41, 5.74) is 22.2. The van der Waals surface area contributed by atoms with Crippen LogP contribution in [0.2, 0.25) is 40.2 Å². The number of aliphatic hydroxyl groups is 8. The highest BCUT2D eigenvalue weighted by molar-refractivity contribution is 6.35. The number of nitrogens with two attached hydrogens (primary N) is 4. The fourth-order valence-corrected chi connectivity index (χ4v) is 24.3. The van der Waals surface area contributed by atoms with Gasteiger partial charge in [0, 0.05) is 40.2 Å². The second kappa shape index (κ2) is 49.8. The standard InChI is InChI=1S/4C14H18ClNO2.4C13H16ClNO2/c4*1-9-7-12(17)13(18)14(8-9,16-2)10-5-3-4-6-11(10)15;4*1-8-6-11(16)12(17)13(15,7-8)9-4-2-3-5-10(9)14/h4*3-6,9,12,16-17H,7-8H2,1-2H3;4*2-5,8,11,16H,6-7,15H2,1H3/t2*9-,12+,14+;2*9-,12-,14-;2*8-,11+,13+;2*8-,11-,13-/m10101010/s1. The van der Waals surface area contributed by atoms with Crippen LogP contribution in [0, 0.1) is 47.3 Å². The molecule has 0 bridgehead atoms. The highest BCUT2D eigenvalue weighted by Gasteiger charge is 2.55. The summed E-state index contributed by atoms with van der Waals surface area (Å²) in [6.45, 7) is 16.1. The maximum absolute atomic E-state index is 12.4. The maximum atomic E-state index is 12.4. The number of carbonyl (C=O) groups is 8. The molecule has 0 aliphatic heterocycles. The Morgan fingerprint density at radius 1 is 0.207 bits per heavy atom. The van der Waals surface area contributed by atoms with Gasteiger partial charge in [-0.3, -0.25) is 38.4 Å². The maximum Gasteiger partial charge on any atom is 0.185 e. The van der Waals surface area contributed by atoms with Crippen LogP contribution in [0.1, 0.15) is 203 Å². The number of Topliss-reactive ketones (excluding diaryl/α,β-unsaturated/α-hetero) is 8. The number of benzene rings is 8. The van der Waals surface area contributed by atoms with Gasteiger partial charge in [-0.15, -0.1) is 0 Å². The van der Waals surface area contributed by atoms with E-state index in [0.717, 1.165) is 22.3 Å². The summed E-state index contributed by atoms with van der Waals surface area (Å²) in [4.78, 5) is 98.1. The zero-order chi connectivity index (χ0) is 104. The van der Waals surface area contributed by atoms with Crippen molar-refractivity contribution >= 4 is 139 Å². The molecule has 8 fully saturated rings. The Morgan fingerprint density at radius 3 is 0.450 bits per heavy atom. The number of rotatable bonds is 12. The molecule has 16 rings (SSSR count). The Balaban J connectivity index is 0.000000179. The third kappa shape index (κ3) is 25.7. The third-order valence-corrected chi connectivity index (χ3v) is 31.3.